The van der Waals surface area contributed by atoms with Crippen molar-refractivity contribution in [3.05, 3.63) is 35.4 Å². The van der Waals surface area contributed by atoms with Crippen LogP contribution < -0.4 is 5.32 Å². The lowest BCUT2D eigenvalue weighted by Gasteiger charge is -2.47. The van der Waals surface area contributed by atoms with Gasteiger partial charge in [0.2, 0.25) is 0 Å². The van der Waals surface area contributed by atoms with Crippen molar-refractivity contribution < 1.29 is 0 Å². The molecule has 0 bridgehead atoms. The largest absolute Gasteiger partial charge is 0.314 e. The third kappa shape index (κ3) is 3.65. The minimum Gasteiger partial charge on any atom is -0.314 e. The molecule has 1 N–H and O–H groups in total. The molecular weight excluding hydrogens is 258 g/mol. The fourth-order valence-electron chi connectivity index (χ4n) is 3.32. The fraction of sp³-hybridized carbons (Fsp3) is 0.667. The van der Waals surface area contributed by atoms with Crippen molar-refractivity contribution in [3.8, 4) is 0 Å². The van der Waals surface area contributed by atoms with Crippen LogP contribution in [0.1, 0.15) is 31.9 Å². The summed E-state index contributed by atoms with van der Waals surface area (Å²) in [7, 11) is 0. The minimum atomic E-state index is 0.253. The summed E-state index contributed by atoms with van der Waals surface area (Å²) >= 11 is 0. The van der Waals surface area contributed by atoms with Crippen molar-refractivity contribution in [3.63, 3.8) is 0 Å². The van der Waals surface area contributed by atoms with Crippen molar-refractivity contribution in [2.45, 2.75) is 38.8 Å². The Morgan fingerprint density at radius 2 is 1.67 bits per heavy atom. The highest BCUT2D eigenvalue weighted by molar-refractivity contribution is 5.27. The number of benzene rings is 1. The molecule has 1 aromatic carbocycles. The van der Waals surface area contributed by atoms with E-state index in [1.165, 1.54) is 37.3 Å². The van der Waals surface area contributed by atoms with Crippen LogP contribution >= 0.6 is 0 Å². The molecule has 2 fully saturated rings. The first-order chi connectivity index (χ1) is 10.0. The highest BCUT2D eigenvalue weighted by atomic mass is 15.3. The average Bonchev–Trinajstić information content (AvgIpc) is 2.43. The van der Waals surface area contributed by atoms with E-state index in [1.807, 2.05) is 0 Å². The Labute approximate surface area is 129 Å². The van der Waals surface area contributed by atoms with Crippen LogP contribution in [0.5, 0.6) is 0 Å². The van der Waals surface area contributed by atoms with Gasteiger partial charge < -0.3 is 5.32 Å². The van der Waals surface area contributed by atoms with Crippen molar-refractivity contribution >= 4 is 0 Å². The molecule has 0 aliphatic carbocycles. The highest BCUT2D eigenvalue weighted by Gasteiger charge is 2.31. The van der Waals surface area contributed by atoms with Crippen LogP contribution in [0.3, 0.4) is 0 Å². The molecule has 0 unspecified atom stereocenters. The van der Waals surface area contributed by atoms with Gasteiger partial charge in [0.1, 0.15) is 0 Å². The maximum atomic E-state index is 3.43. The molecule has 3 rings (SSSR count). The lowest BCUT2D eigenvalue weighted by molar-refractivity contribution is 0.0223. The predicted octanol–water partition coefficient (Wildman–Crippen LogP) is 2.07. The van der Waals surface area contributed by atoms with Crippen LogP contribution in [0.4, 0.5) is 0 Å². The Balaban J connectivity index is 1.48. The molecule has 116 valence electrons. The van der Waals surface area contributed by atoms with Gasteiger partial charge in [-0.05, 0) is 16.5 Å². The topological polar surface area (TPSA) is 18.5 Å². The van der Waals surface area contributed by atoms with Crippen molar-refractivity contribution in [2.24, 2.45) is 0 Å². The number of nitrogens with one attached hydrogen (secondary N) is 1. The number of hydrogen-bond donors (Lipinski definition) is 1. The van der Waals surface area contributed by atoms with Gasteiger partial charge >= 0.3 is 0 Å². The summed E-state index contributed by atoms with van der Waals surface area (Å²) in [6.45, 7) is 15.2. The summed E-state index contributed by atoms with van der Waals surface area (Å²) in [4.78, 5) is 5.22. The lowest BCUT2D eigenvalue weighted by atomic mass is 9.86. The molecule has 3 nitrogen and oxygen atoms in total. The molecule has 2 saturated heterocycles. The SMILES string of the molecule is CC(C)(C)c1ccc(CN2CC(N3CCNCC3)C2)cc1. The summed E-state index contributed by atoms with van der Waals surface area (Å²) in [5, 5.41) is 3.43. The van der Waals surface area contributed by atoms with Crippen LogP contribution in [-0.2, 0) is 12.0 Å². The Hall–Kier alpha value is -0.900. The molecule has 0 saturated carbocycles. The second-order valence-electron chi connectivity index (χ2n) is 7.58. The molecular formula is C18H29N3. The normalized spacial score (nSPS) is 22.2. The first-order valence-corrected chi connectivity index (χ1v) is 8.29. The van der Waals surface area contributed by atoms with Crippen molar-refractivity contribution in [1.82, 2.24) is 15.1 Å². The molecule has 0 radical (unpaired) electrons. The number of piperazine rings is 1. The zero-order valence-electron chi connectivity index (χ0n) is 13.7. The number of rotatable bonds is 3. The molecule has 21 heavy (non-hydrogen) atoms. The standard InChI is InChI=1S/C18H29N3/c1-18(2,3)16-6-4-15(5-7-16)12-20-13-17(14-20)21-10-8-19-9-11-21/h4-7,17,19H,8-14H2,1-3H3. The van der Waals surface area contributed by atoms with E-state index in [9.17, 15) is 0 Å². The summed E-state index contributed by atoms with van der Waals surface area (Å²) in [5.74, 6) is 0. The Morgan fingerprint density at radius 1 is 1.05 bits per heavy atom. The zero-order valence-corrected chi connectivity index (χ0v) is 13.7. The first-order valence-electron chi connectivity index (χ1n) is 8.29. The summed E-state index contributed by atoms with van der Waals surface area (Å²) in [6.07, 6.45) is 0. The second kappa shape index (κ2) is 6.07. The van der Waals surface area contributed by atoms with E-state index in [0.717, 1.165) is 25.7 Å². The lowest BCUT2D eigenvalue weighted by Crippen LogP contribution is -2.62. The fourth-order valence-corrected chi connectivity index (χ4v) is 3.32. The van der Waals surface area contributed by atoms with E-state index in [2.05, 4.69) is 60.2 Å². The smallest absolute Gasteiger partial charge is 0.0351 e. The van der Waals surface area contributed by atoms with E-state index >= 15 is 0 Å². The highest BCUT2D eigenvalue weighted by Crippen LogP contribution is 2.23. The van der Waals surface area contributed by atoms with E-state index < -0.39 is 0 Å². The van der Waals surface area contributed by atoms with Gasteiger partial charge in [-0.2, -0.15) is 0 Å². The Kier molecular flexibility index (Phi) is 4.34. The molecule has 0 atom stereocenters. The van der Waals surface area contributed by atoms with E-state index in [1.54, 1.807) is 0 Å². The van der Waals surface area contributed by atoms with Crippen LogP contribution in [-0.4, -0.2) is 55.1 Å². The first kappa shape index (κ1) is 15.0. The van der Waals surface area contributed by atoms with Gasteiger partial charge in [-0.1, -0.05) is 45.0 Å². The third-order valence-electron chi connectivity index (χ3n) is 4.83. The summed E-state index contributed by atoms with van der Waals surface area (Å²) in [6, 6.07) is 9.99. The van der Waals surface area contributed by atoms with Gasteiger partial charge in [0.25, 0.3) is 0 Å². The van der Waals surface area contributed by atoms with Gasteiger partial charge in [0, 0.05) is 51.9 Å². The molecule has 1 aromatic rings. The second-order valence-corrected chi connectivity index (χ2v) is 7.58. The predicted molar refractivity (Wildman–Crippen MR) is 88.6 cm³/mol. The minimum absolute atomic E-state index is 0.253. The average molecular weight is 287 g/mol. The van der Waals surface area contributed by atoms with E-state index in [-0.39, 0.29) is 5.41 Å². The maximum absolute atomic E-state index is 3.43. The van der Waals surface area contributed by atoms with Crippen LogP contribution in [0, 0.1) is 0 Å². The Morgan fingerprint density at radius 3 is 2.24 bits per heavy atom. The quantitative estimate of drug-likeness (QED) is 0.918. The molecule has 0 amide bonds. The van der Waals surface area contributed by atoms with Gasteiger partial charge in [-0.15, -0.1) is 0 Å². The molecule has 2 aliphatic rings. The molecule has 0 spiro atoms. The molecule has 2 aliphatic heterocycles. The monoisotopic (exact) mass is 287 g/mol. The summed E-state index contributed by atoms with van der Waals surface area (Å²) < 4.78 is 0. The zero-order chi connectivity index (χ0) is 14.9. The van der Waals surface area contributed by atoms with Gasteiger partial charge in [-0.25, -0.2) is 0 Å². The van der Waals surface area contributed by atoms with Crippen molar-refractivity contribution in [1.29, 1.82) is 0 Å². The summed E-state index contributed by atoms with van der Waals surface area (Å²) in [5.41, 5.74) is 3.12. The van der Waals surface area contributed by atoms with Crippen LogP contribution in [0.15, 0.2) is 24.3 Å². The van der Waals surface area contributed by atoms with Crippen molar-refractivity contribution in [2.75, 3.05) is 39.3 Å². The molecule has 3 heteroatoms. The number of nitrogens with zero attached hydrogens (tertiary/aromatic N) is 2. The maximum Gasteiger partial charge on any atom is 0.0351 e. The molecule has 0 aromatic heterocycles. The van der Waals surface area contributed by atoms with Gasteiger partial charge in [0.05, 0.1) is 0 Å². The molecule has 2 heterocycles. The van der Waals surface area contributed by atoms with Crippen LogP contribution in [0.2, 0.25) is 0 Å². The van der Waals surface area contributed by atoms with Crippen LogP contribution in [0.25, 0.3) is 0 Å². The number of likely N-dealkylation sites (tertiary alicyclic amines) is 1. The number of hydrogen-bond acceptors (Lipinski definition) is 3. The third-order valence-corrected chi connectivity index (χ3v) is 4.83. The Bertz CT molecular complexity index is 448. The van der Waals surface area contributed by atoms with E-state index in [0.29, 0.717) is 0 Å². The van der Waals surface area contributed by atoms with Gasteiger partial charge in [0.15, 0.2) is 0 Å². The van der Waals surface area contributed by atoms with Gasteiger partial charge in [-0.3, -0.25) is 9.80 Å². The van der Waals surface area contributed by atoms with E-state index in [4.69, 9.17) is 0 Å².